The highest BCUT2D eigenvalue weighted by Gasteiger charge is 2.10. The Kier molecular flexibility index (Phi) is 5.80. The van der Waals surface area contributed by atoms with Crippen molar-refractivity contribution in [2.45, 2.75) is 19.9 Å². The number of urea groups is 1. The van der Waals surface area contributed by atoms with Crippen LogP contribution in [-0.2, 0) is 13.0 Å². The molecule has 0 unspecified atom stereocenters. The maximum atomic E-state index is 12.0. The molecule has 2 N–H and O–H groups in total. The summed E-state index contributed by atoms with van der Waals surface area (Å²) >= 11 is 1.62. The summed E-state index contributed by atoms with van der Waals surface area (Å²) in [6.07, 6.45) is 0.825. The lowest BCUT2D eigenvalue weighted by Gasteiger charge is -2.07. The van der Waals surface area contributed by atoms with Crippen molar-refractivity contribution in [1.82, 2.24) is 15.6 Å². The van der Waals surface area contributed by atoms with Gasteiger partial charge in [-0.1, -0.05) is 60.7 Å². The maximum absolute atomic E-state index is 12.0. The van der Waals surface area contributed by atoms with Crippen LogP contribution in [0.15, 0.2) is 60.7 Å². The molecule has 25 heavy (non-hydrogen) atoms. The van der Waals surface area contributed by atoms with Crippen molar-refractivity contribution in [2.24, 2.45) is 0 Å². The minimum Gasteiger partial charge on any atom is -0.338 e. The first kappa shape index (κ1) is 17.2. The summed E-state index contributed by atoms with van der Waals surface area (Å²) in [5, 5.41) is 6.79. The minimum atomic E-state index is -0.148. The molecule has 5 heteroatoms. The molecule has 0 spiro atoms. The van der Waals surface area contributed by atoms with Gasteiger partial charge in [-0.2, -0.15) is 0 Å². The molecular formula is C20H21N3OS. The first-order valence-electron chi connectivity index (χ1n) is 8.30. The Labute approximate surface area is 151 Å². The summed E-state index contributed by atoms with van der Waals surface area (Å²) in [4.78, 5) is 17.6. The summed E-state index contributed by atoms with van der Waals surface area (Å²) in [5.41, 5.74) is 3.29. The summed E-state index contributed by atoms with van der Waals surface area (Å²) in [7, 11) is 0. The molecule has 1 heterocycles. The SMILES string of the molecule is Cc1nc(-c2ccccc2)sc1CNC(=O)NCCc1ccccc1. The van der Waals surface area contributed by atoms with Gasteiger partial charge in [0, 0.05) is 17.0 Å². The van der Waals surface area contributed by atoms with E-state index in [0.29, 0.717) is 13.1 Å². The van der Waals surface area contributed by atoms with E-state index in [-0.39, 0.29) is 6.03 Å². The fourth-order valence-corrected chi connectivity index (χ4v) is 3.49. The number of aromatic nitrogens is 1. The van der Waals surface area contributed by atoms with Crippen molar-refractivity contribution >= 4 is 17.4 Å². The fraction of sp³-hybridized carbons (Fsp3) is 0.200. The van der Waals surface area contributed by atoms with E-state index in [1.807, 2.05) is 55.5 Å². The van der Waals surface area contributed by atoms with E-state index in [1.165, 1.54) is 5.56 Å². The van der Waals surface area contributed by atoms with E-state index in [1.54, 1.807) is 11.3 Å². The fourth-order valence-electron chi connectivity index (χ4n) is 2.48. The van der Waals surface area contributed by atoms with Crippen LogP contribution in [-0.4, -0.2) is 17.6 Å². The molecule has 0 atom stereocenters. The highest BCUT2D eigenvalue weighted by Crippen LogP contribution is 2.27. The molecule has 128 valence electrons. The Morgan fingerprint density at radius 3 is 2.40 bits per heavy atom. The number of carbonyl (C=O) groups is 1. The van der Waals surface area contributed by atoms with E-state index in [9.17, 15) is 4.79 Å². The monoisotopic (exact) mass is 351 g/mol. The zero-order valence-electron chi connectivity index (χ0n) is 14.2. The Morgan fingerprint density at radius 2 is 1.68 bits per heavy atom. The van der Waals surface area contributed by atoms with Crippen LogP contribution in [0.2, 0.25) is 0 Å². The van der Waals surface area contributed by atoms with Crippen molar-refractivity contribution in [3.63, 3.8) is 0 Å². The molecule has 1 aromatic heterocycles. The van der Waals surface area contributed by atoms with Gasteiger partial charge in [0.2, 0.25) is 0 Å². The Morgan fingerprint density at radius 1 is 1.00 bits per heavy atom. The number of thiazole rings is 1. The van der Waals surface area contributed by atoms with E-state index in [0.717, 1.165) is 27.6 Å². The number of aryl methyl sites for hydroxylation is 1. The van der Waals surface area contributed by atoms with Crippen molar-refractivity contribution in [1.29, 1.82) is 0 Å². The number of hydrogen-bond acceptors (Lipinski definition) is 3. The zero-order chi connectivity index (χ0) is 17.5. The lowest BCUT2D eigenvalue weighted by atomic mass is 10.1. The molecule has 0 aliphatic heterocycles. The molecule has 0 aliphatic carbocycles. The predicted octanol–water partition coefficient (Wildman–Crippen LogP) is 4.16. The van der Waals surface area contributed by atoms with Crippen LogP contribution < -0.4 is 10.6 Å². The first-order chi connectivity index (χ1) is 12.2. The maximum Gasteiger partial charge on any atom is 0.315 e. The van der Waals surface area contributed by atoms with Gasteiger partial charge in [0.25, 0.3) is 0 Å². The van der Waals surface area contributed by atoms with Gasteiger partial charge in [-0.05, 0) is 18.9 Å². The van der Waals surface area contributed by atoms with Gasteiger partial charge in [0.05, 0.1) is 12.2 Å². The van der Waals surface area contributed by atoms with Crippen LogP contribution in [0.4, 0.5) is 4.79 Å². The summed E-state index contributed by atoms with van der Waals surface area (Å²) in [5.74, 6) is 0. The number of rotatable bonds is 6. The third kappa shape index (κ3) is 4.90. The molecule has 0 saturated heterocycles. The summed E-state index contributed by atoms with van der Waals surface area (Å²) < 4.78 is 0. The molecular weight excluding hydrogens is 330 g/mol. The van der Waals surface area contributed by atoms with Gasteiger partial charge < -0.3 is 10.6 Å². The summed E-state index contributed by atoms with van der Waals surface area (Å²) in [6.45, 7) is 3.09. The molecule has 4 nitrogen and oxygen atoms in total. The normalized spacial score (nSPS) is 10.4. The van der Waals surface area contributed by atoms with Crippen molar-refractivity contribution in [2.75, 3.05) is 6.54 Å². The number of benzene rings is 2. The van der Waals surface area contributed by atoms with E-state index >= 15 is 0 Å². The van der Waals surface area contributed by atoms with Gasteiger partial charge in [0.15, 0.2) is 0 Å². The van der Waals surface area contributed by atoms with Crippen LogP contribution in [0, 0.1) is 6.92 Å². The molecule has 2 amide bonds. The van der Waals surface area contributed by atoms with Crippen molar-refractivity contribution < 1.29 is 4.79 Å². The molecule has 3 rings (SSSR count). The van der Waals surface area contributed by atoms with Crippen LogP contribution in [0.25, 0.3) is 10.6 Å². The van der Waals surface area contributed by atoms with Crippen LogP contribution in [0.3, 0.4) is 0 Å². The van der Waals surface area contributed by atoms with Crippen LogP contribution >= 0.6 is 11.3 Å². The molecule has 0 bridgehead atoms. The number of nitrogens with zero attached hydrogens (tertiary/aromatic N) is 1. The second-order valence-electron chi connectivity index (χ2n) is 5.74. The van der Waals surface area contributed by atoms with Crippen molar-refractivity contribution in [3.8, 4) is 10.6 Å². The zero-order valence-corrected chi connectivity index (χ0v) is 15.0. The van der Waals surface area contributed by atoms with Gasteiger partial charge >= 0.3 is 6.03 Å². The Balaban J connectivity index is 1.48. The predicted molar refractivity (Wildman–Crippen MR) is 103 cm³/mol. The van der Waals surface area contributed by atoms with E-state index in [2.05, 4.69) is 27.8 Å². The topological polar surface area (TPSA) is 54.0 Å². The molecule has 2 aromatic carbocycles. The molecule has 0 radical (unpaired) electrons. The Bertz CT molecular complexity index is 815. The van der Waals surface area contributed by atoms with E-state index in [4.69, 9.17) is 0 Å². The van der Waals surface area contributed by atoms with E-state index < -0.39 is 0 Å². The minimum absolute atomic E-state index is 0.148. The van der Waals surface area contributed by atoms with Gasteiger partial charge in [-0.3, -0.25) is 0 Å². The third-order valence-electron chi connectivity index (χ3n) is 3.86. The molecule has 0 fully saturated rings. The lowest BCUT2D eigenvalue weighted by molar-refractivity contribution is 0.240. The number of nitrogens with one attached hydrogen (secondary N) is 2. The number of hydrogen-bond donors (Lipinski definition) is 2. The third-order valence-corrected chi connectivity index (χ3v) is 5.07. The smallest absolute Gasteiger partial charge is 0.315 e. The van der Waals surface area contributed by atoms with Gasteiger partial charge in [-0.25, -0.2) is 9.78 Å². The molecule has 0 saturated carbocycles. The number of amides is 2. The van der Waals surface area contributed by atoms with Crippen LogP contribution in [0.5, 0.6) is 0 Å². The second kappa shape index (κ2) is 8.44. The average Bonchev–Trinajstić information content (AvgIpc) is 3.02. The quantitative estimate of drug-likeness (QED) is 0.701. The highest BCUT2D eigenvalue weighted by atomic mass is 32.1. The van der Waals surface area contributed by atoms with Gasteiger partial charge in [0.1, 0.15) is 5.01 Å². The Hall–Kier alpha value is -2.66. The van der Waals surface area contributed by atoms with Crippen LogP contribution in [0.1, 0.15) is 16.1 Å². The van der Waals surface area contributed by atoms with Gasteiger partial charge in [-0.15, -0.1) is 11.3 Å². The highest BCUT2D eigenvalue weighted by molar-refractivity contribution is 7.15. The standard InChI is InChI=1S/C20H21N3OS/c1-15-18(25-19(23-15)17-10-6-3-7-11-17)14-22-20(24)21-13-12-16-8-4-2-5-9-16/h2-11H,12-14H2,1H3,(H2,21,22,24). The molecule has 0 aliphatic rings. The largest absolute Gasteiger partial charge is 0.338 e. The number of carbonyl (C=O) groups excluding carboxylic acids is 1. The molecule has 3 aromatic rings. The van der Waals surface area contributed by atoms with Crippen molar-refractivity contribution in [3.05, 3.63) is 76.8 Å². The first-order valence-corrected chi connectivity index (χ1v) is 9.11. The second-order valence-corrected chi connectivity index (χ2v) is 6.82. The lowest BCUT2D eigenvalue weighted by Crippen LogP contribution is -2.36. The summed E-state index contributed by atoms with van der Waals surface area (Å²) in [6, 6.07) is 20.1. The average molecular weight is 351 g/mol.